The fourth-order valence-corrected chi connectivity index (χ4v) is 3.29. The summed E-state index contributed by atoms with van der Waals surface area (Å²) in [6.07, 6.45) is 2.21. The van der Waals surface area contributed by atoms with Gasteiger partial charge in [-0.1, -0.05) is 36.4 Å². The first kappa shape index (κ1) is 15.6. The average Bonchev–Trinajstić information content (AvgIpc) is 2.91. The molecular weight excluding hydrogens is 298 g/mol. The van der Waals surface area contributed by atoms with Crippen molar-refractivity contribution in [1.82, 2.24) is 4.90 Å². The maximum absolute atomic E-state index is 14.3. The number of nitrogens with zero attached hydrogens (tertiary/aromatic N) is 2. The molecule has 0 bridgehead atoms. The van der Waals surface area contributed by atoms with Crippen LogP contribution < -0.4 is 0 Å². The molecule has 1 aliphatic rings. The molecule has 0 aliphatic carbocycles. The summed E-state index contributed by atoms with van der Waals surface area (Å²) in [6.45, 7) is 1.42. The van der Waals surface area contributed by atoms with Crippen molar-refractivity contribution in [2.24, 2.45) is 11.1 Å². The first-order valence-corrected chi connectivity index (χ1v) is 7.59. The maximum Gasteiger partial charge on any atom is 0.130 e. The molecule has 2 atom stereocenters. The highest BCUT2D eigenvalue weighted by Gasteiger charge is 2.36. The minimum absolute atomic E-state index is 0.108. The van der Waals surface area contributed by atoms with Gasteiger partial charge in [-0.25, -0.2) is 8.78 Å². The summed E-state index contributed by atoms with van der Waals surface area (Å²) >= 11 is 0. The lowest BCUT2D eigenvalue weighted by atomic mass is 9.94. The molecule has 0 saturated carbocycles. The van der Waals surface area contributed by atoms with Crippen molar-refractivity contribution in [1.29, 1.82) is 0 Å². The quantitative estimate of drug-likeness (QED) is 0.526. The summed E-state index contributed by atoms with van der Waals surface area (Å²) < 4.78 is 27.5. The van der Waals surface area contributed by atoms with Crippen LogP contribution in [0.25, 0.3) is 0 Å². The van der Waals surface area contributed by atoms with Crippen LogP contribution in [0.5, 0.6) is 0 Å². The van der Waals surface area contributed by atoms with Crippen LogP contribution in [-0.4, -0.2) is 22.9 Å². The van der Waals surface area contributed by atoms with Crippen LogP contribution in [0, 0.1) is 17.6 Å². The van der Waals surface area contributed by atoms with Gasteiger partial charge in [-0.15, -0.1) is 5.16 Å². The van der Waals surface area contributed by atoms with E-state index in [0.717, 1.165) is 24.6 Å². The molecule has 0 aromatic heterocycles. The van der Waals surface area contributed by atoms with Crippen LogP contribution in [0.1, 0.15) is 23.6 Å². The summed E-state index contributed by atoms with van der Waals surface area (Å²) in [7, 11) is 0. The Hall–Kier alpha value is -2.27. The van der Waals surface area contributed by atoms with Gasteiger partial charge >= 0.3 is 0 Å². The molecule has 2 aromatic carbocycles. The van der Waals surface area contributed by atoms with Crippen LogP contribution in [0.2, 0.25) is 0 Å². The van der Waals surface area contributed by atoms with E-state index in [9.17, 15) is 8.78 Å². The third-order valence-corrected chi connectivity index (χ3v) is 4.32. The van der Waals surface area contributed by atoms with E-state index < -0.39 is 11.6 Å². The number of halogens is 2. The van der Waals surface area contributed by atoms with Crippen LogP contribution in [-0.2, 0) is 6.54 Å². The molecule has 2 unspecified atom stereocenters. The Morgan fingerprint density at radius 3 is 2.65 bits per heavy atom. The Balaban J connectivity index is 1.92. The second-order valence-corrected chi connectivity index (χ2v) is 5.78. The van der Waals surface area contributed by atoms with E-state index in [-0.39, 0.29) is 12.0 Å². The van der Waals surface area contributed by atoms with Gasteiger partial charge < -0.3 is 5.21 Å². The number of benzene rings is 2. The van der Waals surface area contributed by atoms with Crippen LogP contribution >= 0.6 is 0 Å². The SMILES string of the molecule is ON=CC1CCN(Cc2ccccc2)C1c1ccc(F)cc1F. The van der Waals surface area contributed by atoms with E-state index in [0.29, 0.717) is 12.1 Å². The van der Waals surface area contributed by atoms with Crippen LogP contribution in [0.4, 0.5) is 8.78 Å². The van der Waals surface area contributed by atoms with Gasteiger partial charge in [0.1, 0.15) is 11.6 Å². The van der Waals surface area contributed by atoms with Crippen molar-refractivity contribution in [2.75, 3.05) is 6.54 Å². The van der Waals surface area contributed by atoms with E-state index >= 15 is 0 Å². The van der Waals surface area contributed by atoms with Crippen molar-refractivity contribution >= 4 is 6.21 Å². The monoisotopic (exact) mass is 316 g/mol. The number of oxime groups is 1. The van der Waals surface area contributed by atoms with Crippen molar-refractivity contribution in [3.63, 3.8) is 0 Å². The average molecular weight is 316 g/mol. The predicted octanol–water partition coefficient (Wildman–Crippen LogP) is 3.99. The van der Waals surface area contributed by atoms with Crippen molar-refractivity contribution < 1.29 is 14.0 Å². The highest BCUT2D eigenvalue weighted by Crippen LogP contribution is 2.38. The van der Waals surface area contributed by atoms with E-state index in [1.807, 2.05) is 30.3 Å². The second kappa shape index (κ2) is 6.87. The lowest BCUT2D eigenvalue weighted by Gasteiger charge is -2.27. The molecule has 1 aliphatic heterocycles. The van der Waals surface area contributed by atoms with Crippen molar-refractivity contribution in [2.45, 2.75) is 19.0 Å². The zero-order valence-corrected chi connectivity index (χ0v) is 12.6. The molecule has 1 fully saturated rings. The van der Waals surface area contributed by atoms with Gasteiger partial charge in [0.05, 0.1) is 0 Å². The van der Waals surface area contributed by atoms with Crippen molar-refractivity contribution in [3.8, 4) is 0 Å². The van der Waals surface area contributed by atoms with Gasteiger partial charge in [-0.05, 0) is 24.6 Å². The molecule has 2 aromatic rings. The molecule has 1 saturated heterocycles. The van der Waals surface area contributed by atoms with Crippen molar-refractivity contribution in [3.05, 3.63) is 71.3 Å². The summed E-state index contributed by atoms with van der Waals surface area (Å²) in [4.78, 5) is 2.14. The normalized spacial score (nSPS) is 22.0. The summed E-state index contributed by atoms with van der Waals surface area (Å²) in [6, 6.07) is 13.3. The first-order valence-electron chi connectivity index (χ1n) is 7.59. The smallest absolute Gasteiger partial charge is 0.130 e. The van der Waals surface area contributed by atoms with Crippen LogP contribution in [0.3, 0.4) is 0 Å². The molecule has 1 heterocycles. The minimum Gasteiger partial charge on any atom is -0.411 e. The number of likely N-dealkylation sites (tertiary alicyclic amines) is 1. The predicted molar refractivity (Wildman–Crippen MR) is 84.3 cm³/mol. The fourth-order valence-electron chi connectivity index (χ4n) is 3.29. The van der Waals surface area contributed by atoms with Gasteiger partial charge in [-0.2, -0.15) is 0 Å². The first-order chi connectivity index (χ1) is 11.2. The summed E-state index contributed by atoms with van der Waals surface area (Å²) in [5.41, 5.74) is 1.56. The lowest BCUT2D eigenvalue weighted by Crippen LogP contribution is -2.26. The molecule has 3 nitrogen and oxygen atoms in total. The highest BCUT2D eigenvalue weighted by atomic mass is 19.1. The molecule has 23 heavy (non-hydrogen) atoms. The van der Waals surface area contributed by atoms with Gasteiger partial charge in [0, 0.05) is 36.3 Å². The molecular formula is C18H18F2N2O. The van der Waals surface area contributed by atoms with E-state index in [4.69, 9.17) is 5.21 Å². The second-order valence-electron chi connectivity index (χ2n) is 5.78. The number of hydrogen-bond acceptors (Lipinski definition) is 3. The third kappa shape index (κ3) is 3.40. The topological polar surface area (TPSA) is 35.8 Å². The lowest BCUT2D eigenvalue weighted by molar-refractivity contribution is 0.231. The highest BCUT2D eigenvalue weighted by molar-refractivity contribution is 5.62. The Kier molecular flexibility index (Phi) is 4.67. The van der Waals surface area contributed by atoms with E-state index in [2.05, 4.69) is 10.1 Å². The largest absolute Gasteiger partial charge is 0.411 e. The summed E-state index contributed by atoms with van der Waals surface area (Å²) in [5.74, 6) is -1.26. The number of rotatable bonds is 4. The molecule has 1 N–H and O–H groups in total. The molecule has 5 heteroatoms. The van der Waals surface area contributed by atoms with Crippen LogP contribution in [0.15, 0.2) is 53.7 Å². The zero-order valence-electron chi connectivity index (χ0n) is 12.6. The Labute approximate surface area is 133 Å². The molecule has 0 spiro atoms. The van der Waals surface area contributed by atoms with E-state index in [1.54, 1.807) is 0 Å². The zero-order chi connectivity index (χ0) is 16.2. The number of hydrogen-bond donors (Lipinski definition) is 1. The third-order valence-electron chi connectivity index (χ3n) is 4.32. The van der Waals surface area contributed by atoms with E-state index in [1.165, 1.54) is 18.3 Å². The Morgan fingerprint density at radius 1 is 1.17 bits per heavy atom. The Bertz CT molecular complexity index is 691. The Morgan fingerprint density at radius 2 is 1.96 bits per heavy atom. The molecule has 0 radical (unpaired) electrons. The summed E-state index contributed by atoms with van der Waals surface area (Å²) in [5, 5.41) is 12.0. The molecule has 3 rings (SSSR count). The standard InChI is InChI=1S/C18H18F2N2O/c19-15-6-7-16(17(20)10-15)18-14(11-21-23)8-9-22(18)12-13-4-2-1-3-5-13/h1-7,10-11,14,18,23H,8-9,12H2. The van der Waals surface area contributed by atoms with Gasteiger partial charge in [-0.3, -0.25) is 4.90 Å². The van der Waals surface area contributed by atoms with Gasteiger partial charge in [0.2, 0.25) is 0 Å². The fraction of sp³-hybridized carbons (Fsp3) is 0.278. The molecule has 0 amide bonds. The maximum atomic E-state index is 14.3. The molecule has 120 valence electrons. The van der Waals surface area contributed by atoms with Gasteiger partial charge in [0.15, 0.2) is 0 Å². The van der Waals surface area contributed by atoms with Gasteiger partial charge in [0.25, 0.3) is 0 Å². The minimum atomic E-state index is -0.591.